The highest BCUT2D eigenvalue weighted by Gasteiger charge is 2.36. The summed E-state index contributed by atoms with van der Waals surface area (Å²) in [5.41, 5.74) is 6.70. The van der Waals surface area contributed by atoms with Crippen molar-refractivity contribution in [3.63, 3.8) is 0 Å². The fourth-order valence-electron chi connectivity index (χ4n) is 2.82. The van der Waals surface area contributed by atoms with E-state index in [0.29, 0.717) is 17.4 Å². The van der Waals surface area contributed by atoms with Gasteiger partial charge < -0.3 is 5.73 Å². The number of hydrogen-bond acceptors (Lipinski definition) is 3. The minimum atomic E-state index is -3.41. The van der Waals surface area contributed by atoms with Gasteiger partial charge in [-0.1, -0.05) is 26.0 Å². The monoisotopic (exact) mass is 296 g/mol. The van der Waals surface area contributed by atoms with Crippen LogP contribution in [0.3, 0.4) is 0 Å². The second kappa shape index (κ2) is 5.84. The summed E-state index contributed by atoms with van der Waals surface area (Å²) in [6.07, 6.45) is 1.89. The topological polar surface area (TPSA) is 63.4 Å². The zero-order chi connectivity index (χ0) is 14.9. The molecule has 1 aliphatic heterocycles. The fraction of sp³-hybridized carbons (Fsp3) is 0.600. The molecule has 0 radical (unpaired) electrons. The van der Waals surface area contributed by atoms with Crippen molar-refractivity contribution in [2.75, 3.05) is 6.54 Å². The van der Waals surface area contributed by atoms with Crippen LogP contribution in [0.1, 0.15) is 45.2 Å². The highest BCUT2D eigenvalue weighted by Crippen LogP contribution is 2.30. The van der Waals surface area contributed by atoms with E-state index in [9.17, 15) is 8.42 Å². The van der Waals surface area contributed by atoms with Crippen molar-refractivity contribution in [3.05, 3.63) is 29.8 Å². The van der Waals surface area contributed by atoms with Gasteiger partial charge in [-0.05, 0) is 43.4 Å². The van der Waals surface area contributed by atoms with E-state index in [1.807, 2.05) is 13.0 Å². The van der Waals surface area contributed by atoms with Crippen molar-refractivity contribution >= 4 is 10.0 Å². The Kier molecular flexibility index (Phi) is 4.52. The summed E-state index contributed by atoms with van der Waals surface area (Å²) in [4.78, 5) is 0.361. The maximum Gasteiger partial charge on any atom is 0.243 e. The number of nitrogens with two attached hydrogens (primary N) is 1. The molecular formula is C15H24N2O2S. The predicted molar refractivity (Wildman–Crippen MR) is 80.8 cm³/mol. The molecule has 1 heterocycles. The minimum absolute atomic E-state index is 0.110. The molecule has 1 aromatic carbocycles. The van der Waals surface area contributed by atoms with Crippen molar-refractivity contribution in [3.8, 4) is 0 Å². The van der Waals surface area contributed by atoms with Crippen molar-refractivity contribution < 1.29 is 8.42 Å². The van der Waals surface area contributed by atoms with Gasteiger partial charge in [-0.25, -0.2) is 8.42 Å². The molecule has 1 aliphatic rings. The Labute approximate surface area is 122 Å². The van der Waals surface area contributed by atoms with Gasteiger partial charge in [-0.15, -0.1) is 0 Å². The van der Waals surface area contributed by atoms with Crippen LogP contribution in [-0.2, 0) is 10.0 Å². The SMILES string of the molecule is CC(N)c1cccc(S(=O)(=O)N2CCCC2C(C)C)c1. The van der Waals surface area contributed by atoms with Gasteiger partial charge in [0.1, 0.15) is 0 Å². The number of hydrogen-bond donors (Lipinski definition) is 1. The number of rotatable bonds is 4. The molecule has 0 amide bonds. The van der Waals surface area contributed by atoms with Gasteiger partial charge in [-0.3, -0.25) is 0 Å². The molecule has 5 heteroatoms. The number of benzene rings is 1. The van der Waals surface area contributed by atoms with E-state index in [0.717, 1.165) is 18.4 Å². The van der Waals surface area contributed by atoms with Crippen LogP contribution >= 0.6 is 0 Å². The first-order valence-corrected chi connectivity index (χ1v) is 8.65. The minimum Gasteiger partial charge on any atom is -0.324 e. The van der Waals surface area contributed by atoms with Crippen molar-refractivity contribution in [2.24, 2.45) is 11.7 Å². The van der Waals surface area contributed by atoms with Crippen molar-refractivity contribution in [1.82, 2.24) is 4.31 Å². The summed E-state index contributed by atoms with van der Waals surface area (Å²) in [5, 5.41) is 0. The lowest BCUT2D eigenvalue weighted by molar-refractivity contribution is 0.315. The van der Waals surface area contributed by atoms with E-state index in [1.165, 1.54) is 0 Å². The van der Waals surface area contributed by atoms with E-state index in [-0.39, 0.29) is 12.1 Å². The van der Waals surface area contributed by atoms with Crippen LogP contribution in [0.15, 0.2) is 29.2 Å². The molecule has 0 aromatic heterocycles. The van der Waals surface area contributed by atoms with E-state index in [2.05, 4.69) is 13.8 Å². The molecule has 2 rings (SSSR count). The Morgan fingerprint density at radius 1 is 1.30 bits per heavy atom. The van der Waals surface area contributed by atoms with E-state index < -0.39 is 10.0 Å². The maximum atomic E-state index is 12.8. The normalized spacial score (nSPS) is 22.4. The number of nitrogens with zero attached hydrogens (tertiary/aromatic N) is 1. The molecule has 0 spiro atoms. The first kappa shape index (κ1) is 15.5. The molecule has 0 saturated carbocycles. The van der Waals surface area contributed by atoms with E-state index in [4.69, 9.17) is 5.73 Å². The summed E-state index contributed by atoms with van der Waals surface area (Å²) in [6, 6.07) is 6.95. The van der Waals surface area contributed by atoms with Gasteiger partial charge in [-0.2, -0.15) is 4.31 Å². The summed E-state index contributed by atoms with van der Waals surface area (Å²) in [6.45, 7) is 6.64. The molecule has 1 fully saturated rings. The molecule has 2 atom stereocenters. The summed E-state index contributed by atoms with van der Waals surface area (Å²) >= 11 is 0. The third-order valence-corrected chi connectivity index (χ3v) is 5.93. The lowest BCUT2D eigenvalue weighted by Gasteiger charge is -2.27. The second-order valence-electron chi connectivity index (χ2n) is 5.93. The summed E-state index contributed by atoms with van der Waals surface area (Å²) in [7, 11) is -3.41. The van der Waals surface area contributed by atoms with E-state index >= 15 is 0 Å². The van der Waals surface area contributed by atoms with Crippen molar-refractivity contribution in [1.29, 1.82) is 0 Å². The molecule has 2 N–H and O–H groups in total. The fourth-order valence-corrected chi connectivity index (χ4v) is 4.71. The molecule has 20 heavy (non-hydrogen) atoms. The highest BCUT2D eigenvalue weighted by atomic mass is 32.2. The van der Waals surface area contributed by atoms with Crippen LogP contribution in [0.5, 0.6) is 0 Å². The Morgan fingerprint density at radius 3 is 2.60 bits per heavy atom. The van der Waals surface area contributed by atoms with Gasteiger partial charge in [0, 0.05) is 18.6 Å². The van der Waals surface area contributed by atoms with Crippen LogP contribution in [0.25, 0.3) is 0 Å². The smallest absolute Gasteiger partial charge is 0.243 e. The zero-order valence-corrected chi connectivity index (χ0v) is 13.2. The summed E-state index contributed by atoms with van der Waals surface area (Å²) in [5.74, 6) is 0.337. The average molecular weight is 296 g/mol. The van der Waals surface area contributed by atoms with Crippen LogP contribution in [0.4, 0.5) is 0 Å². The molecule has 0 bridgehead atoms. The Bertz CT molecular complexity index is 567. The molecule has 0 aliphatic carbocycles. The molecule has 1 saturated heterocycles. The number of sulfonamides is 1. The molecule has 112 valence electrons. The maximum absolute atomic E-state index is 12.8. The standard InChI is InChI=1S/C15H24N2O2S/c1-11(2)15-8-5-9-17(15)20(18,19)14-7-4-6-13(10-14)12(3)16/h4,6-7,10-12,15H,5,8-9,16H2,1-3H3. The molecule has 1 aromatic rings. The molecule has 4 nitrogen and oxygen atoms in total. The Morgan fingerprint density at radius 2 is 2.00 bits per heavy atom. The van der Waals surface area contributed by atoms with Gasteiger partial charge in [0.2, 0.25) is 10.0 Å². The first-order valence-electron chi connectivity index (χ1n) is 7.21. The van der Waals surface area contributed by atoms with Gasteiger partial charge in [0.05, 0.1) is 4.90 Å². The van der Waals surface area contributed by atoms with Crippen molar-refractivity contribution in [2.45, 2.75) is 50.6 Å². The third kappa shape index (κ3) is 2.90. The lowest BCUT2D eigenvalue weighted by atomic mass is 10.0. The van der Waals surface area contributed by atoms with Gasteiger partial charge in [0.25, 0.3) is 0 Å². The first-order chi connectivity index (χ1) is 9.34. The second-order valence-corrected chi connectivity index (χ2v) is 7.82. The summed E-state index contributed by atoms with van der Waals surface area (Å²) < 4.78 is 27.3. The average Bonchev–Trinajstić information content (AvgIpc) is 2.89. The van der Waals surface area contributed by atoms with Crippen LogP contribution in [0.2, 0.25) is 0 Å². The predicted octanol–water partition coefficient (Wildman–Crippen LogP) is 2.52. The van der Waals surface area contributed by atoms with Crippen LogP contribution < -0.4 is 5.73 Å². The lowest BCUT2D eigenvalue weighted by Crippen LogP contribution is -2.38. The highest BCUT2D eigenvalue weighted by molar-refractivity contribution is 7.89. The van der Waals surface area contributed by atoms with Crippen LogP contribution in [-0.4, -0.2) is 25.3 Å². The van der Waals surface area contributed by atoms with Gasteiger partial charge in [0.15, 0.2) is 0 Å². The Hall–Kier alpha value is -0.910. The molecular weight excluding hydrogens is 272 g/mol. The van der Waals surface area contributed by atoms with E-state index in [1.54, 1.807) is 22.5 Å². The largest absolute Gasteiger partial charge is 0.324 e. The quantitative estimate of drug-likeness (QED) is 0.928. The Balaban J connectivity index is 2.37. The third-order valence-electron chi connectivity index (χ3n) is 4.01. The molecule has 2 unspecified atom stereocenters. The zero-order valence-electron chi connectivity index (χ0n) is 12.4. The van der Waals surface area contributed by atoms with Gasteiger partial charge >= 0.3 is 0 Å². The van der Waals surface area contributed by atoms with Crippen LogP contribution in [0, 0.1) is 5.92 Å².